The molecule has 3 nitrogen and oxygen atoms in total. The van der Waals surface area contributed by atoms with Crippen molar-refractivity contribution >= 4 is 16.5 Å². The second-order valence-corrected chi connectivity index (χ2v) is 4.91. The van der Waals surface area contributed by atoms with Crippen molar-refractivity contribution < 1.29 is 0 Å². The minimum atomic E-state index is 0.648. The molecule has 2 rings (SSSR count). The number of nitrogens with two attached hydrogens (primary N) is 1. The molecule has 0 atom stereocenters. The van der Waals surface area contributed by atoms with Gasteiger partial charge in [0.25, 0.3) is 0 Å². The van der Waals surface area contributed by atoms with Crippen molar-refractivity contribution in [3.63, 3.8) is 0 Å². The Balaban J connectivity index is 2.22. The zero-order valence-corrected chi connectivity index (χ0v) is 10.8. The standard InChI is InChI=1S/C13H17N3S/c1-2-15-9-8-11-12(16-13(14)17-11)10-6-4-3-5-7-10/h3-7,15H,2,8-9H2,1H3,(H2,14,16). The summed E-state index contributed by atoms with van der Waals surface area (Å²) in [7, 11) is 0. The summed E-state index contributed by atoms with van der Waals surface area (Å²) < 4.78 is 0. The molecule has 4 heteroatoms. The maximum Gasteiger partial charge on any atom is 0.180 e. The first-order chi connectivity index (χ1) is 8.31. The van der Waals surface area contributed by atoms with E-state index in [9.17, 15) is 0 Å². The second kappa shape index (κ2) is 5.80. The minimum Gasteiger partial charge on any atom is -0.375 e. The molecule has 1 heterocycles. The Morgan fingerprint density at radius 1 is 1.29 bits per heavy atom. The molecule has 0 aliphatic heterocycles. The largest absolute Gasteiger partial charge is 0.375 e. The van der Waals surface area contributed by atoms with E-state index in [0.717, 1.165) is 30.8 Å². The van der Waals surface area contributed by atoms with Crippen molar-refractivity contribution in [2.45, 2.75) is 13.3 Å². The van der Waals surface area contributed by atoms with Crippen molar-refractivity contribution in [3.05, 3.63) is 35.2 Å². The van der Waals surface area contributed by atoms with Gasteiger partial charge in [-0.3, -0.25) is 0 Å². The molecule has 17 heavy (non-hydrogen) atoms. The SMILES string of the molecule is CCNCCc1sc(N)nc1-c1ccccc1. The lowest BCUT2D eigenvalue weighted by atomic mass is 10.1. The molecule has 1 aromatic carbocycles. The van der Waals surface area contributed by atoms with Gasteiger partial charge < -0.3 is 11.1 Å². The molecule has 1 aromatic heterocycles. The Kier molecular flexibility index (Phi) is 4.12. The number of benzene rings is 1. The number of nitrogens with one attached hydrogen (secondary N) is 1. The normalized spacial score (nSPS) is 10.6. The topological polar surface area (TPSA) is 50.9 Å². The fourth-order valence-electron chi connectivity index (χ4n) is 1.74. The number of hydrogen-bond donors (Lipinski definition) is 2. The van der Waals surface area contributed by atoms with Crippen LogP contribution in [-0.4, -0.2) is 18.1 Å². The van der Waals surface area contributed by atoms with Gasteiger partial charge in [0.15, 0.2) is 5.13 Å². The molecular formula is C13H17N3S. The van der Waals surface area contributed by atoms with Crippen molar-refractivity contribution in [3.8, 4) is 11.3 Å². The van der Waals surface area contributed by atoms with E-state index in [-0.39, 0.29) is 0 Å². The van der Waals surface area contributed by atoms with E-state index in [0.29, 0.717) is 5.13 Å². The predicted octanol–water partition coefficient (Wildman–Crippen LogP) is 2.54. The Labute approximate surface area is 106 Å². The molecule has 2 aromatic rings. The summed E-state index contributed by atoms with van der Waals surface area (Å²) in [5.74, 6) is 0. The molecule has 0 saturated heterocycles. The maximum atomic E-state index is 5.81. The van der Waals surface area contributed by atoms with Crippen LogP contribution in [0.2, 0.25) is 0 Å². The molecule has 0 radical (unpaired) electrons. The average Bonchev–Trinajstić information content (AvgIpc) is 2.72. The molecule has 0 aliphatic carbocycles. The number of likely N-dealkylation sites (N-methyl/N-ethyl adjacent to an activating group) is 1. The first kappa shape index (κ1) is 12.1. The lowest BCUT2D eigenvalue weighted by molar-refractivity contribution is 0.721. The summed E-state index contributed by atoms with van der Waals surface area (Å²) in [6.45, 7) is 4.08. The van der Waals surface area contributed by atoms with Crippen molar-refractivity contribution in [1.82, 2.24) is 10.3 Å². The van der Waals surface area contributed by atoms with E-state index in [1.165, 1.54) is 4.88 Å². The summed E-state index contributed by atoms with van der Waals surface area (Å²) >= 11 is 1.59. The average molecular weight is 247 g/mol. The lowest BCUT2D eigenvalue weighted by Gasteiger charge is -2.02. The quantitative estimate of drug-likeness (QED) is 0.798. The predicted molar refractivity (Wildman–Crippen MR) is 74.2 cm³/mol. The van der Waals surface area contributed by atoms with Crippen LogP contribution in [0.4, 0.5) is 5.13 Å². The van der Waals surface area contributed by atoms with Gasteiger partial charge in [0.1, 0.15) is 0 Å². The summed E-state index contributed by atoms with van der Waals surface area (Å²) in [5, 5.41) is 3.97. The molecule has 3 N–H and O–H groups in total. The zero-order chi connectivity index (χ0) is 12.1. The molecule has 0 saturated carbocycles. The number of anilines is 1. The highest BCUT2D eigenvalue weighted by Crippen LogP contribution is 2.29. The van der Waals surface area contributed by atoms with Gasteiger partial charge in [-0.25, -0.2) is 4.98 Å². The van der Waals surface area contributed by atoms with Crippen molar-refractivity contribution in [1.29, 1.82) is 0 Å². The fourth-order valence-corrected chi connectivity index (χ4v) is 2.59. The van der Waals surface area contributed by atoms with Gasteiger partial charge >= 0.3 is 0 Å². The van der Waals surface area contributed by atoms with Gasteiger partial charge in [-0.1, -0.05) is 37.3 Å². The molecule has 0 unspecified atom stereocenters. The van der Waals surface area contributed by atoms with Crippen LogP contribution in [0.25, 0.3) is 11.3 Å². The van der Waals surface area contributed by atoms with E-state index in [1.807, 2.05) is 18.2 Å². The third-order valence-corrected chi connectivity index (χ3v) is 3.48. The Hall–Kier alpha value is -1.39. The van der Waals surface area contributed by atoms with Gasteiger partial charge in [-0.2, -0.15) is 0 Å². The summed E-state index contributed by atoms with van der Waals surface area (Å²) in [5.41, 5.74) is 7.99. The van der Waals surface area contributed by atoms with E-state index in [4.69, 9.17) is 5.73 Å². The van der Waals surface area contributed by atoms with Crippen LogP contribution in [-0.2, 0) is 6.42 Å². The maximum absolute atomic E-state index is 5.81. The fraction of sp³-hybridized carbons (Fsp3) is 0.308. The molecule has 0 spiro atoms. The van der Waals surface area contributed by atoms with Crippen molar-refractivity contribution in [2.24, 2.45) is 0 Å². The Morgan fingerprint density at radius 3 is 2.76 bits per heavy atom. The number of nitrogen functional groups attached to an aromatic ring is 1. The van der Waals surface area contributed by atoms with E-state index < -0.39 is 0 Å². The summed E-state index contributed by atoms with van der Waals surface area (Å²) in [4.78, 5) is 5.69. The van der Waals surface area contributed by atoms with Crippen LogP contribution in [0.1, 0.15) is 11.8 Å². The van der Waals surface area contributed by atoms with Crippen LogP contribution < -0.4 is 11.1 Å². The van der Waals surface area contributed by atoms with Crippen LogP contribution in [0.5, 0.6) is 0 Å². The molecule has 90 valence electrons. The molecule has 0 amide bonds. The molecule has 0 bridgehead atoms. The van der Waals surface area contributed by atoms with Crippen LogP contribution in [0, 0.1) is 0 Å². The van der Waals surface area contributed by atoms with Crippen LogP contribution in [0.15, 0.2) is 30.3 Å². The van der Waals surface area contributed by atoms with E-state index in [1.54, 1.807) is 11.3 Å². The van der Waals surface area contributed by atoms with Gasteiger partial charge in [0.05, 0.1) is 5.69 Å². The Bertz CT molecular complexity index is 465. The lowest BCUT2D eigenvalue weighted by Crippen LogP contribution is -2.15. The summed E-state index contributed by atoms with van der Waals surface area (Å²) in [6, 6.07) is 10.2. The summed E-state index contributed by atoms with van der Waals surface area (Å²) in [6.07, 6.45) is 0.979. The number of hydrogen-bond acceptors (Lipinski definition) is 4. The smallest absolute Gasteiger partial charge is 0.180 e. The van der Waals surface area contributed by atoms with Crippen LogP contribution in [0.3, 0.4) is 0 Å². The van der Waals surface area contributed by atoms with Gasteiger partial charge in [-0.05, 0) is 13.0 Å². The minimum absolute atomic E-state index is 0.648. The zero-order valence-electron chi connectivity index (χ0n) is 9.94. The van der Waals surface area contributed by atoms with Gasteiger partial charge in [-0.15, -0.1) is 11.3 Å². The monoisotopic (exact) mass is 247 g/mol. The third kappa shape index (κ3) is 3.05. The van der Waals surface area contributed by atoms with Gasteiger partial charge in [0.2, 0.25) is 0 Å². The number of rotatable bonds is 5. The molecule has 0 fully saturated rings. The highest BCUT2D eigenvalue weighted by molar-refractivity contribution is 7.15. The van der Waals surface area contributed by atoms with Crippen LogP contribution >= 0.6 is 11.3 Å². The highest BCUT2D eigenvalue weighted by Gasteiger charge is 2.10. The number of nitrogens with zero attached hydrogens (tertiary/aromatic N) is 1. The first-order valence-corrected chi connectivity index (χ1v) is 6.64. The number of aromatic nitrogens is 1. The number of thiazole rings is 1. The van der Waals surface area contributed by atoms with E-state index in [2.05, 4.69) is 29.4 Å². The molecule has 0 aliphatic rings. The Morgan fingerprint density at radius 2 is 2.06 bits per heavy atom. The van der Waals surface area contributed by atoms with E-state index >= 15 is 0 Å². The third-order valence-electron chi connectivity index (χ3n) is 2.54. The first-order valence-electron chi connectivity index (χ1n) is 5.82. The molecular weight excluding hydrogens is 230 g/mol. The van der Waals surface area contributed by atoms with Gasteiger partial charge in [0, 0.05) is 17.0 Å². The second-order valence-electron chi connectivity index (χ2n) is 3.79. The highest BCUT2D eigenvalue weighted by atomic mass is 32.1. The van der Waals surface area contributed by atoms with Crippen molar-refractivity contribution in [2.75, 3.05) is 18.8 Å².